The summed E-state index contributed by atoms with van der Waals surface area (Å²) >= 11 is 0. The van der Waals surface area contributed by atoms with Gasteiger partial charge in [0.05, 0.1) is 4.90 Å². The van der Waals surface area contributed by atoms with Crippen LogP contribution < -0.4 is 51.4 Å². The van der Waals surface area contributed by atoms with Crippen LogP contribution in [0.2, 0.25) is 0 Å². The molecule has 0 spiro atoms. The minimum atomic E-state index is -4.33. The molecule has 0 unspecified atom stereocenters. The molecule has 0 heterocycles. The smallest absolute Gasteiger partial charge is 0.744 e. The van der Waals surface area contributed by atoms with E-state index in [0.29, 0.717) is 0 Å². The van der Waals surface area contributed by atoms with Crippen LogP contribution in [-0.4, -0.2) is 13.0 Å². The van der Waals surface area contributed by atoms with Crippen molar-refractivity contribution in [1.82, 2.24) is 0 Å². The monoisotopic (exact) mass is 350 g/mol. The summed E-state index contributed by atoms with van der Waals surface area (Å²) in [6, 6.07) is 6.41. The minimum absolute atomic E-state index is 0. The molecule has 5 heteroatoms. The average molecular weight is 351 g/mol. The number of aryl methyl sites for hydroxylation is 1. The van der Waals surface area contributed by atoms with Gasteiger partial charge in [0, 0.05) is 0 Å². The molecule has 3 nitrogen and oxygen atoms in total. The summed E-state index contributed by atoms with van der Waals surface area (Å²) in [6.07, 6.45) is 12.3. The van der Waals surface area contributed by atoms with Crippen molar-refractivity contribution < 1.29 is 64.4 Å². The molecular weight excluding hydrogens is 323 g/mol. The van der Waals surface area contributed by atoms with Crippen molar-refractivity contribution in [3.05, 3.63) is 29.8 Å². The third kappa shape index (κ3) is 10.5. The van der Waals surface area contributed by atoms with Crippen molar-refractivity contribution in [3.8, 4) is 0 Å². The van der Waals surface area contributed by atoms with Gasteiger partial charge in [-0.15, -0.1) is 0 Å². The fourth-order valence-corrected chi connectivity index (χ4v) is 3.04. The van der Waals surface area contributed by atoms with E-state index in [1.165, 1.54) is 63.5 Å². The summed E-state index contributed by atoms with van der Waals surface area (Å²) < 4.78 is 32.9. The molecule has 0 fully saturated rings. The van der Waals surface area contributed by atoms with Crippen LogP contribution in [0.15, 0.2) is 29.2 Å². The van der Waals surface area contributed by atoms with Crippen LogP contribution in [0.3, 0.4) is 0 Å². The molecule has 22 heavy (non-hydrogen) atoms. The van der Waals surface area contributed by atoms with Gasteiger partial charge >= 0.3 is 51.4 Å². The van der Waals surface area contributed by atoms with Crippen molar-refractivity contribution in [2.45, 2.75) is 76.0 Å². The first-order valence-corrected chi connectivity index (χ1v) is 9.49. The molecule has 0 atom stereocenters. The number of hydrogen-bond acceptors (Lipinski definition) is 3. The summed E-state index contributed by atoms with van der Waals surface area (Å²) in [5.74, 6) is 0. The van der Waals surface area contributed by atoms with Crippen LogP contribution in [0.25, 0.3) is 0 Å². The zero-order valence-electron chi connectivity index (χ0n) is 14.0. The van der Waals surface area contributed by atoms with Crippen LogP contribution in [0, 0.1) is 0 Å². The molecule has 120 valence electrons. The predicted molar refractivity (Wildman–Crippen MR) is 85.3 cm³/mol. The Morgan fingerprint density at radius 3 is 2.00 bits per heavy atom. The molecule has 1 aromatic rings. The van der Waals surface area contributed by atoms with E-state index < -0.39 is 10.1 Å². The molecule has 1 rings (SSSR count). The summed E-state index contributed by atoms with van der Waals surface area (Å²) in [6.45, 7) is 2.23. The number of benzene rings is 1. The van der Waals surface area contributed by atoms with Gasteiger partial charge in [-0.05, 0) is 30.5 Å². The second-order valence-electron chi connectivity index (χ2n) is 5.68. The Kier molecular flexibility index (Phi) is 13.6. The Hall–Kier alpha value is 0.766. The predicted octanol–water partition coefficient (Wildman–Crippen LogP) is 1.67. The molecule has 0 bridgehead atoms. The zero-order chi connectivity index (χ0) is 15.6. The van der Waals surface area contributed by atoms with Gasteiger partial charge in [0.1, 0.15) is 10.1 Å². The summed E-state index contributed by atoms with van der Waals surface area (Å²) in [5.41, 5.74) is 0.940. The number of rotatable bonds is 11. The number of hydrogen-bond donors (Lipinski definition) is 0. The maximum Gasteiger partial charge on any atom is 1.00 e. The third-order valence-electron chi connectivity index (χ3n) is 3.76. The Labute approximate surface area is 178 Å². The van der Waals surface area contributed by atoms with Crippen LogP contribution in [0.5, 0.6) is 0 Å². The van der Waals surface area contributed by atoms with Crippen LogP contribution >= 0.6 is 0 Å². The van der Waals surface area contributed by atoms with Crippen LogP contribution in [0.1, 0.15) is 70.3 Å². The number of unbranched alkanes of at least 4 members (excludes halogenated alkanes) is 8. The van der Waals surface area contributed by atoms with Gasteiger partial charge < -0.3 is 4.55 Å². The molecular formula is C17H27KO3S. The van der Waals surface area contributed by atoms with E-state index in [0.717, 1.165) is 18.4 Å². The normalized spacial score (nSPS) is 11.2. The fraction of sp³-hybridized carbons (Fsp3) is 0.647. The van der Waals surface area contributed by atoms with E-state index in [1.807, 2.05) is 6.07 Å². The van der Waals surface area contributed by atoms with E-state index in [1.54, 1.807) is 6.07 Å². The average Bonchev–Trinajstić information content (AvgIpc) is 2.45. The molecule has 0 aliphatic rings. The Morgan fingerprint density at radius 2 is 1.45 bits per heavy atom. The maximum absolute atomic E-state index is 11.0. The molecule has 0 N–H and O–H groups in total. The van der Waals surface area contributed by atoms with Gasteiger partial charge in [-0.3, -0.25) is 0 Å². The first-order valence-electron chi connectivity index (χ1n) is 8.09. The molecule has 0 aromatic heterocycles. The van der Waals surface area contributed by atoms with Gasteiger partial charge in [-0.2, -0.15) is 0 Å². The summed E-state index contributed by atoms with van der Waals surface area (Å²) in [5, 5.41) is 0. The third-order valence-corrected chi connectivity index (χ3v) is 4.59. The van der Waals surface area contributed by atoms with E-state index in [-0.39, 0.29) is 56.3 Å². The van der Waals surface area contributed by atoms with E-state index in [2.05, 4.69) is 6.92 Å². The molecule has 0 amide bonds. The van der Waals surface area contributed by atoms with E-state index in [4.69, 9.17) is 0 Å². The van der Waals surface area contributed by atoms with E-state index >= 15 is 0 Å². The van der Waals surface area contributed by atoms with Crippen molar-refractivity contribution in [1.29, 1.82) is 0 Å². The van der Waals surface area contributed by atoms with Gasteiger partial charge in [0.2, 0.25) is 0 Å². The van der Waals surface area contributed by atoms with Gasteiger partial charge in [-0.1, -0.05) is 70.4 Å². The Balaban J connectivity index is 0.00000441. The van der Waals surface area contributed by atoms with Crippen molar-refractivity contribution in [3.63, 3.8) is 0 Å². The fourth-order valence-electron chi connectivity index (χ4n) is 2.50. The second-order valence-corrected chi connectivity index (χ2v) is 7.06. The molecule has 0 aliphatic carbocycles. The largest absolute Gasteiger partial charge is 1.00 e. The molecule has 0 saturated heterocycles. The maximum atomic E-state index is 11.0. The second kappa shape index (κ2) is 13.1. The van der Waals surface area contributed by atoms with Crippen LogP contribution in [-0.2, 0) is 16.5 Å². The quantitative estimate of drug-likeness (QED) is 0.346. The van der Waals surface area contributed by atoms with Gasteiger partial charge in [0.25, 0.3) is 0 Å². The Bertz CT molecular complexity index is 500. The zero-order valence-corrected chi connectivity index (χ0v) is 18.0. The first-order chi connectivity index (χ1) is 10.0. The minimum Gasteiger partial charge on any atom is -0.744 e. The molecule has 0 aliphatic heterocycles. The molecule has 1 aromatic carbocycles. The van der Waals surface area contributed by atoms with Gasteiger partial charge in [-0.25, -0.2) is 8.42 Å². The SMILES string of the molecule is CCCCCCCCCCCc1cccc(S(=O)(=O)[O-])c1.[K+]. The summed E-state index contributed by atoms with van der Waals surface area (Å²) in [7, 11) is -4.33. The van der Waals surface area contributed by atoms with E-state index in [9.17, 15) is 13.0 Å². The van der Waals surface area contributed by atoms with Crippen LogP contribution in [0.4, 0.5) is 0 Å². The van der Waals surface area contributed by atoms with Gasteiger partial charge in [0.15, 0.2) is 0 Å². The topological polar surface area (TPSA) is 57.2 Å². The van der Waals surface area contributed by atoms with Crippen molar-refractivity contribution in [2.75, 3.05) is 0 Å². The summed E-state index contributed by atoms with van der Waals surface area (Å²) in [4.78, 5) is -0.115. The molecule has 0 saturated carbocycles. The van der Waals surface area contributed by atoms with Crippen molar-refractivity contribution in [2.24, 2.45) is 0 Å². The standard InChI is InChI=1S/C17H28O3S.K/c1-2-3-4-5-6-7-8-9-10-12-16-13-11-14-17(15-16)21(18,19)20;/h11,13-15H,2-10,12H2,1H3,(H,18,19,20);/q;+1/p-1. The Morgan fingerprint density at radius 1 is 0.909 bits per heavy atom. The molecule has 0 radical (unpaired) electrons. The van der Waals surface area contributed by atoms with Crippen molar-refractivity contribution >= 4 is 10.1 Å². The first kappa shape index (κ1) is 22.8.